The average Bonchev–Trinajstić information content (AvgIpc) is 2.13. The van der Waals surface area contributed by atoms with Crippen molar-refractivity contribution in [3.05, 3.63) is 0 Å². The van der Waals surface area contributed by atoms with Gasteiger partial charge in [-0.2, -0.15) is 0 Å². The molecule has 0 nitrogen and oxygen atoms in total. The molecule has 0 spiro atoms. The van der Waals surface area contributed by atoms with Gasteiger partial charge in [0, 0.05) is 0 Å². The number of hydrogen-bond donors (Lipinski definition) is 0. The fourth-order valence-corrected chi connectivity index (χ4v) is 3.48. The molecule has 0 saturated heterocycles. The minimum Gasteiger partial charge on any atom is -0.0620 e. The first-order chi connectivity index (χ1) is 5.13. The third kappa shape index (κ3) is 0.947. The summed E-state index contributed by atoms with van der Waals surface area (Å²) >= 11 is 0. The Bertz CT molecular complexity index is 161. The Morgan fingerprint density at radius 3 is 2.55 bits per heavy atom. The fraction of sp³-hybridized carbons (Fsp3) is 1.00. The van der Waals surface area contributed by atoms with Gasteiger partial charge in [0.25, 0.3) is 0 Å². The van der Waals surface area contributed by atoms with E-state index in [0.29, 0.717) is 0 Å². The van der Waals surface area contributed by atoms with Gasteiger partial charge in [0.2, 0.25) is 0 Å². The predicted octanol–water partition coefficient (Wildman–Crippen LogP) is 3.47. The molecular formula is C11H20. The Morgan fingerprint density at radius 1 is 1.27 bits per heavy atom. The largest absolute Gasteiger partial charge is 0.0620 e. The Hall–Kier alpha value is 0. The van der Waals surface area contributed by atoms with Gasteiger partial charge >= 0.3 is 0 Å². The highest BCUT2D eigenvalue weighted by Crippen LogP contribution is 2.57. The van der Waals surface area contributed by atoms with Crippen LogP contribution in [0.15, 0.2) is 0 Å². The summed E-state index contributed by atoms with van der Waals surface area (Å²) in [6.07, 6.45) is 6.03. The van der Waals surface area contributed by atoms with Crippen molar-refractivity contribution in [1.29, 1.82) is 0 Å². The molecule has 2 aliphatic rings. The van der Waals surface area contributed by atoms with E-state index in [9.17, 15) is 0 Å². The molecule has 2 rings (SSSR count). The summed E-state index contributed by atoms with van der Waals surface area (Å²) in [4.78, 5) is 0. The Labute approximate surface area is 70.4 Å². The molecule has 0 amide bonds. The van der Waals surface area contributed by atoms with Crippen LogP contribution in [0, 0.1) is 23.2 Å². The van der Waals surface area contributed by atoms with Crippen LogP contribution in [-0.4, -0.2) is 0 Å². The topological polar surface area (TPSA) is 0 Å². The maximum Gasteiger partial charge on any atom is -0.0295 e. The van der Waals surface area contributed by atoms with Gasteiger partial charge in [0.1, 0.15) is 0 Å². The standard InChI is InChI=1S/C11H20/c1-8-9(2)11(3)6-4-5-10(8)7-11/h8-10H,4-7H2,1-3H3. The van der Waals surface area contributed by atoms with Gasteiger partial charge in [-0.05, 0) is 36.0 Å². The van der Waals surface area contributed by atoms with E-state index in [1.165, 1.54) is 25.7 Å². The van der Waals surface area contributed by atoms with Crippen molar-refractivity contribution in [2.75, 3.05) is 0 Å². The second-order valence-corrected chi connectivity index (χ2v) is 5.16. The Balaban J connectivity index is 2.24. The maximum absolute atomic E-state index is 2.51. The van der Waals surface area contributed by atoms with E-state index >= 15 is 0 Å². The van der Waals surface area contributed by atoms with E-state index in [1.54, 1.807) is 0 Å². The van der Waals surface area contributed by atoms with E-state index in [1.807, 2.05) is 0 Å². The lowest BCUT2D eigenvalue weighted by Gasteiger charge is -2.32. The molecule has 0 aromatic heterocycles. The molecule has 2 bridgehead atoms. The molecule has 0 heteroatoms. The van der Waals surface area contributed by atoms with Crippen LogP contribution in [0.5, 0.6) is 0 Å². The molecule has 0 N–H and O–H groups in total. The number of rotatable bonds is 0. The lowest BCUT2D eigenvalue weighted by Crippen LogP contribution is -2.22. The quantitative estimate of drug-likeness (QED) is 0.498. The molecule has 0 heterocycles. The SMILES string of the molecule is CC1C2CCCC(C)(C2)C1C. The molecule has 0 radical (unpaired) electrons. The summed E-state index contributed by atoms with van der Waals surface area (Å²) in [7, 11) is 0. The van der Waals surface area contributed by atoms with E-state index in [2.05, 4.69) is 20.8 Å². The lowest BCUT2D eigenvalue weighted by molar-refractivity contribution is 0.187. The van der Waals surface area contributed by atoms with E-state index in [-0.39, 0.29) is 0 Å². The minimum absolute atomic E-state index is 0.725. The van der Waals surface area contributed by atoms with Crippen molar-refractivity contribution in [3.63, 3.8) is 0 Å². The molecule has 0 aromatic rings. The van der Waals surface area contributed by atoms with Crippen LogP contribution in [0.25, 0.3) is 0 Å². The summed E-state index contributed by atoms with van der Waals surface area (Å²) in [6.45, 7) is 7.44. The molecule has 0 aliphatic heterocycles. The minimum atomic E-state index is 0.725. The van der Waals surface area contributed by atoms with Gasteiger partial charge in [-0.3, -0.25) is 0 Å². The normalized spacial score (nSPS) is 56.5. The third-order valence-electron chi connectivity index (χ3n) is 4.68. The molecular weight excluding hydrogens is 132 g/mol. The van der Waals surface area contributed by atoms with Gasteiger partial charge in [-0.15, -0.1) is 0 Å². The van der Waals surface area contributed by atoms with Crippen LogP contribution in [-0.2, 0) is 0 Å². The van der Waals surface area contributed by atoms with Gasteiger partial charge < -0.3 is 0 Å². The smallest absolute Gasteiger partial charge is 0.0295 e. The van der Waals surface area contributed by atoms with E-state index in [4.69, 9.17) is 0 Å². The second kappa shape index (κ2) is 2.24. The number of hydrogen-bond acceptors (Lipinski definition) is 0. The predicted molar refractivity (Wildman–Crippen MR) is 48.4 cm³/mol. The van der Waals surface area contributed by atoms with Crippen molar-refractivity contribution in [1.82, 2.24) is 0 Å². The summed E-state index contributed by atoms with van der Waals surface area (Å²) in [5.41, 5.74) is 0.725. The molecule has 2 fully saturated rings. The summed E-state index contributed by atoms with van der Waals surface area (Å²) in [5.74, 6) is 3.06. The Kier molecular flexibility index (Phi) is 1.56. The van der Waals surface area contributed by atoms with Crippen LogP contribution in [0.2, 0.25) is 0 Å². The monoisotopic (exact) mass is 152 g/mol. The van der Waals surface area contributed by atoms with Crippen molar-refractivity contribution in [2.24, 2.45) is 23.2 Å². The zero-order chi connectivity index (χ0) is 8.06. The van der Waals surface area contributed by atoms with Crippen LogP contribution in [0.3, 0.4) is 0 Å². The molecule has 64 valence electrons. The van der Waals surface area contributed by atoms with E-state index in [0.717, 1.165) is 23.2 Å². The molecule has 11 heavy (non-hydrogen) atoms. The van der Waals surface area contributed by atoms with Crippen LogP contribution < -0.4 is 0 Å². The van der Waals surface area contributed by atoms with Crippen molar-refractivity contribution in [3.8, 4) is 0 Å². The second-order valence-electron chi connectivity index (χ2n) is 5.16. The first-order valence-corrected chi connectivity index (χ1v) is 5.13. The highest BCUT2D eigenvalue weighted by Gasteiger charge is 2.47. The molecule has 2 saturated carbocycles. The first-order valence-electron chi connectivity index (χ1n) is 5.13. The maximum atomic E-state index is 2.51. The van der Waals surface area contributed by atoms with Gasteiger partial charge in [0.05, 0.1) is 0 Å². The van der Waals surface area contributed by atoms with Crippen LogP contribution in [0.1, 0.15) is 46.5 Å². The zero-order valence-corrected chi connectivity index (χ0v) is 8.06. The van der Waals surface area contributed by atoms with E-state index < -0.39 is 0 Å². The highest BCUT2D eigenvalue weighted by molar-refractivity contribution is 4.97. The lowest BCUT2D eigenvalue weighted by atomic mass is 9.73. The molecule has 4 atom stereocenters. The summed E-state index contributed by atoms with van der Waals surface area (Å²) in [5, 5.41) is 0. The van der Waals surface area contributed by atoms with Crippen molar-refractivity contribution >= 4 is 0 Å². The fourth-order valence-electron chi connectivity index (χ4n) is 3.48. The summed E-state index contributed by atoms with van der Waals surface area (Å²) < 4.78 is 0. The average molecular weight is 152 g/mol. The third-order valence-corrected chi connectivity index (χ3v) is 4.68. The molecule has 2 aliphatic carbocycles. The van der Waals surface area contributed by atoms with Gasteiger partial charge in [-0.1, -0.05) is 33.6 Å². The summed E-state index contributed by atoms with van der Waals surface area (Å²) in [6, 6.07) is 0. The first kappa shape index (κ1) is 7.64. The number of fused-ring (bicyclic) bond motifs is 2. The van der Waals surface area contributed by atoms with Gasteiger partial charge in [0.15, 0.2) is 0 Å². The van der Waals surface area contributed by atoms with Gasteiger partial charge in [-0.25, -0.2) is 0 Å². The Morgan fingerprint density at radius 2 is 2.00 bits per heavy atom. The van der Waals surface area contributed by atoms with Crippen molar-refractivity contribution in [2.45, 2.75) is 46.5 Å². The van der Waals surface area contributed by atoms with Crippen LogP contribution in [0.4, 0.5) is 0 Å². The zero-order valence-electron chi connectivity index (χ0n) is 8.06. The molecule has 0 aromatic carbocycles. The highest BCUT2D eigenvalue weighted by atomic mass is 14.5. The van der Waals surface area contributed by atoms with Crippen LogP contribution >= 0.6 is 0 Å². The van der Waals surface area contributed by atoms with Crippen molar-refractivity contribution < 1.29 is 0 Å². The molecule has 4 unspecified atom stereocenters.